The molecule has 4 rings (SSSR count). The zero-order chi connectivity index (χ0) is 20.8. The number of aromatic nitrogens is 2. The van der Waals surface area contributed by atoms with Crippen LogP contribution in [-0.4, -0.2) is 40.5 Å². The normalized spacial score (nSPS) is 16.4. The van der Waals surface area contributed by atoms with E-state index in [2.05, 4.69) is 44.5 Å². The lowest BCUT2D eigenvalue weighted by Gasteiger charge is -2.24. The van der Waals surface area contributed by atoms with Crippen molar-refractivity contribution in [1.82, 2.24) is 20.2 Å². The van der Waals surface area contributed by atoms with Crippen LogP contribution in [-0.2, 0) is 17.9 Å². The third kappa shape index (κ3) is 4.83. The zero-order valence-electron chi connectivity index (χ0n) is 17.1. The van der Waals surface area contributed by atoms with Crippen molar-refractivity contribution in [2.75, 3.05) is 13.7 Å². The van der Waals surface area contributed by atoms with Crippen molar-refractivity contribution < 1.29 is 9.53 Å². The molecular formula is C24H26N4O2. The number of likely N-dealkylation sites (tertiary alicyclic amines) is 1. The van der Waals surface area contributed by atoms with Crippen molar-refractivity contribution in [3.63, 3.8) is 0 Å². The predicted octanol–water partition coefficient (Wildman–Crippen LogP) is 3.43. The highest BCUT2D eigenvalue weighted by atomic mass is 16.5. The number of rotatable bonds is 7. The first-order valence-corrected chi connectivity index (χ1v) is 10.2. The van der Waals surface area contributed by atoms with Crippen LogP contribution in [0.4, 0.5) is 0 Å². The Balaban J connectivity index is 1.34. The van der Waals surface area contributed by atoms with Crippen molar-refractivity contribution >= 4 is 5.91 Å². The second-order valence-corrected chi connectivity index (χ2v) is 7.52. The van der Waals surface area contributed by atoms with E-state index in [4.69, 9.17) is 4.74 Å². The standard InChI is InChI=1S/C24H26N4O2/c1-30-22-10-6-18(7-11-22)13-27-24(29)23-3-2-12-28(23)16-19-4-8-20(9-5-19)21-14-25-17-26-15-21/h4-11,14-15,17,23H,2-3,12-13,16H2,1H3,(H,27,29). The molecule has 2 heterocycles. The van der Waals surface area contributed by atoms with Gasteiger partial charge in [-0.2, -0.15) is 0 Å². The van der Waals surface area contributed by atoms with E-state index in [1.807, 2.05) is 36.7 Å². The van der Waals surface area contributed by atoms with Crippen molar-refractivity contribution in [3.8, 4) is 16.9 Å². The number of nitrogens with zero attached hydrogens (tertiary/aromatic N) is 3. The molecular weight excluding hydrogens is 376 g/mol. The van der Waals surface area contributed by atoms with Crippen LogP contribution in [0.3, 0.4) is 0 Å². The van der Waals surface area contributed by atoms with Gasteiger partial charge in [0, 0.05) is 31.0 Å². The van der Waals surface area contributed by atoms with Crippen LogP contribution in [0.1, 0.15) is 24.0 Å². The topological polar surface area (TPSA) is 67.3 Å². The van der Waals surface area contributed by atoms with Crippen LogP contribution in [0, 0.1) is 0 Å². The number of hydrogen-bond donors (Lipinski definition) is 1. The molecule has 30 heavy (non-hydrogen) atoms. The minimum atomic E-state index is -0.0783. The lowest BCUT2D eigenvalue weighted by molar-refractivity contribution is -0.125. The maximum absolute atomic E-state index is 12.8. The van der Waals surface area contributed by atoms with Gasteiger partial charge in [0.1, 0.15) is 12.1 Å². The average molecular weight is 402 g/mol. The van der Waals surface area contributed by atoms with Gasteiger partial charge in [-0.05, 0) is 48.2 Å². The fraction of sp³-hybridized carbons (Fsp3) is 0.292. The number of benzene rings is 2. The number of carbonyl (C=O) groups is 1. The van der Waals surface area contributed by atoms with Gasteiger partial charge < -0.3 is 10.1 Å². The highest BCUT2D eigenvalue weighted by Crippen LogP contribution is 2.23. The summed E-state index contributed by atoms with van der Waals surface area (Å²) in [6, 6.07) is 16.1. The van der Waals surface area contributed by atoms with Gasteiger partial charge in [-0.3, -0.25) is 9.69 Å². The molecule has 0 spiro atoms. The second-order valence-electron chi connectivity index (χ2n) is 7.52. The van der Waals surface area contributed by atoms with E-state index in [-0.39, 0.29) is 11.9 Å². The Morgan fingerprint density at radius 1 is 1.03 bits per heavy atom. The molecule has 1 atom stereocenters. The lowest BCUT2D eigenvalue weighted by Crippen LogP contribution is -2.42. The molecule has 1 aliphatic heterocycles. The molecule has 1 amide bonds. The Hall–Kier alpha value is -3.25. The highest BCUT2D eigenvalue weighted by molar-refractivity contribution is 5.82. The molecule has 1 N–H and O–H groups in total. The second kappa shape index (κ2) is 9.50. The van der Waals surface area contributed by atoms with Crippen LogP contribution in [0.5, 0.6) is 5.75 Å². The van der Waals surface area contributed by atoms with Crippen LogP contribution in [0.15, 0.2) is 67.3 Å². The van der Waals surface area contributed by atoms with E-state index >= 15 is 0 Å². The van der Waals surface area contributed by atoms with Crippen molar-refractivity contribution in [3.05, 3.63) is 78.4 Å². The molecule has 1 unspecified atom stereocenters. The summed E-state index contributed by atoms with van der Waals surface area (Å²) in [6.07, 6.45) is 7.09. The molecule has 1 fully saturated rings. The summed E-state index contributed by atoms with van der Waals surface area (Å²) in [4.78, 5) is 23.2. The molecule has 2 aromatic carbocycles. The summed E-state index contributed by atoms with van der Waals surface area (Å²) in [5.41, 5.74) is 4.36. The first kappa shape index (κ1) is 20.0. The van der Waals surface area contributed by atoms with Gasteiger partial charge in [0.2, 0.25) is 5.91 Å². The first-order valence-electron chi connectivity index (χ1n) is 10.2. The molecule has 1 saturated heterocycles. The zero-order valence-corrected chi connectivity index (χ0v) is 17.1. The number of carbonyl (C=O) groups excluding carboxylic acids is 1. The minimum Gasteiger partial charge on any atom is -0.497 e. The molecule has 0 aliphatic carbocycles. The van der Waals surface area contributed by atoms with Gasteiger partial charge in [0.25, 0.3) is 0 Å². The number of ether oxygens (including phenoxy) is 1. The maximum Gasteiger partial charge on any atom is 0.237 e. The monoisotopic (exact) mass is 402 g/mol. The number of amides is 1. The van der Waals surface area contributed by atoms with Crippen LogP contribution in [0.2, 0.25) is 0 Å². The fourth-order valence-corrected chi connectivity index (χ4v) is 3.85. The van der Waals surface area contributed by atoms with Crippen LogP contribution < -0.4 is 10.1 Å². The van der Waals surface area contributed by atoms with E-state index in [1.54, 1.807) is 7.11 Å². The predicted molar refractivity (Wildman–Crippen MR) is 116 cm³/mol. The summed E-state index contributed by atoms with van der Waals surface area (Å²) < 4.78 is 5.18. The van der Waals surface area contributed by atoms with Gasteiger partial charge in [-0.25, -0.2) is 9.97 Å². The van der Waals surface area contributed by atoms with Crippen LogP contribution >= 0.6 is 0 Å². The summed E-state index contributed by atoms with van der Waals surface area (Å²) in [5.74, 6) is 0.916. The smallest absolute Gasteiger partial charge is 0.237 e. The van der Waals surface area contributed by atoms with Gasteiger partial charge >= 0.3 is 0 Å². The lowest BCUT2D eigenvalue weighted by atomic mass is 10.1. The summed E-state index contributed by atoms with van der Waals surface area (Å²) in [7, 11) is 1.65. The van der Waals surface area contributed by atoms with Gasteiger partial charge in [0.15, 0.2) is 0 Å². The molecule has 6 heteroatoms. The molecule has 0 saturated carbocycles. The largest absolute Gasteiger partial charge is 0.497 e. The van der Waals surface area contributed by atoms with Gasteiger partial charge in [0.05, 0.1) is 13.2 Å². The number of nitrogens with one attached hydrogen (secondary N) is 1. The van der Waals surface area contributed by atoms with E-state index in [0.29, 0.717) is 6.54 Å². The molecule has 154 valence electrons. The molecule has 0 bridgehead atoms. The third-order valence-corrected chi connectivity index (χ3v) is 5.53. The summed E-state index contributed by atoms with van der Waals surface area (Å²) in [5, 5.41) is 3.09. The van der Waals surface area contributed by atoms with Crippen molar-refractivity contribution in [2.45, 2.75) is 32.0 Å². The molecule has 3 aromatic rings. The molecule has 1 aliphatic rings. The fourth-order valence-electron chi connectivity index (χ4n) is 3.85. The summed E-state index contributed by atoms with van der Waals surface area (Å²) in [6.45, 7) is 2.24. The Morgan fingerprint density at radius 2 is 1.73 bits per heavy atom. The van der Waals surface area contributed by atoms with E-state index in [0.717, 1.165) is 48.4 Å². The average Bonchev–Trinajstić information content (AvgIpc) is 3.27. The Morgan fingerprint density at radius 3 is 2.43 bits per heavy atom. The van der Waals surface area contributed by atoms with Crippen molar-refractivity contribution in [1.29, 1.82) is 0 Å². The highest BCUT2D eigenvalue weighted by Gasteiger charge is 2.30. The minimum absolute atomic E-state index is 0.0783. The van der Waals surface area contributed by atoms with Crippen molar-refractivity contribution in [2.24, 2.45) is 0 Å². The molecule has 1 aromatic heterocycles. The maximum atomic E-state index is 12.8. The molecule has 6 nitrogen and oxygen atoms in total. The summed E-state index contributed by atoms with van der Waals surface area (Å²) >= 11 is 0. The quantitative estimate of drug-likeness (QED) is 0.656. The number of methoxy groups -OCH3 is 1. The van der Waals surface area contributed by atoms with Crippen LogP contribution in [0.25, 0.3) is 11.1 Å². The van der Waals surface area contributed by atoms with E-state index < -0.39 is 0 Å². The first-order chi connectivity index (χ1) is 14.7. The van der Waals surface area contributed by atoms with Gasteiger partial charge in [-0.1, -0.05) is 36.4 Å². The van der Waals surface area contributed by atoms with E-state index in [9.17, 15) is 4.79 Å². The SMILES string of the molecule is COc1ccc(CNC(=O)C2CCCN2Cc2ccc(-c3cncnc3)cc2)cc1. The molecule has 0 radical (unpaired) electrons. The van der Waals surface area contributed by atoms with Gasteiger partial charge in [-0.15, -0.1) is 0 Å². The Labute approximate surface area is 176 Å². The number of hydrogen-bond acceptors (Lipinski definition) is 5. The van der Waals surface area contributed by atoms with E-state index in [1.165, 1.54) is 11.9 Å². The Bertz CT molecular complexity index is 959. The third-order valence-electron chi connectivity index (χ3n) is 5.53. The Kier molecular flexibility index (Phi) is 6.35.